The largest absolute Gasteiger partial charge is 0.445 e. The molecule has 1 aromatic rings. The van der Waals surface area contributed by atoms with Gasteiger partial charge in [0.1, 0.15) is 6.61 Å². The normalized spacial score (nSPS) is 19.9. The number of hydrogen-bond donors (Lipinski definition) is 2. The standard InChI is InChI=1S/C13H18N2O6S/c14-21-22(18,19)12(16)11-7-4-8-15(11)13(17)20-9-10-5-2-1-3-6-10/h1-3,5-6,11-12,16H,4,7-9,14H2/t11-,12?/m0/s1. The lowest BCUT2D eigenvalue weighted by Crippen LogP contribution is -2.47. The molecule has 0 radical (unpaired) electrons. The molecular formula is C13H18N2O6S. The molecular weight excluding hydrogens is 312 g/mol. The third-order valence-corrected chi connectivity index (χ3v) is 4.67. The third-order valence-electron chi connectivity index (χ3n) is 3.50. The molecule has 0 bridgehead atoms. The van der Waals surface area contributed by atoms with Crippen molar-refractivity contribution in [2.75, 3.05) is 6.54 Å². The first-order chi connectivity index (χ1) is 10.5. The van der Waals surface area contributed by atoms with Gasteiger partial charge in [-0.15, -0.1) is 0 Å². The summed E-state index contributed by atoms with van der Waals surface area (Å²) in [4.78, 5) is 13.3. The summed E-state index contributed by atoms with van der Waals surface area (Å²) in [7, 11) is -4.33. The highest BCUT2D eigenvalue weighted by atomic mass is 32.2. The zero-order valence-corrected chi connectivity index (χ0v) is 12.6. The van der Waals surface area contributed by atoms with E-state index in [4.69, 9.17) is 4.74 Å². The predicted molar refractivity (Wildman–Crippen MR) is 76.6 cm³/mol. The predicted octanol–water partition coefficient (Wildman–Crippen LogP) is 0.326. The maximum absolute atomic E-state index is 12.1. The number of nitrogens with zero attached hydrogens (tertiary/aromatic N) is 1. The van der Waals surface area contributed by atoms with Crippen LogP contribution in [0.1, 0.15) is 18.4 Å². The van der Waals surface area contributed by atoms with E-state index in [0.29, 0.717) is 19.4 Å². The number of rotatable bonds is 5. The number of nitrogens with two attached hydrogens (primary N) is 1. The molecule has 1 aliphatic rings. The van der Waals surface area contributed by atoms with E-state index in [2.05, 4.69) is 10.2 Å². The van der Waals surface area contributed by atoms with Gasteiger partial charge in [0.05, 0.1) is 6.04 Å². The van der Waals surface area contributed by atoms with E-state index in [-0.39, 0.29) is 6.61 Å². The Labute approximate surface area is 128 Å². The number of amides is 1. The van der Waals surface area contributed by atoms with Crippen LogP contribution in [0.5, 0.6) is 0 Å². The van der Waals surface area contributed by atoms with Crippen LogP contribution >= 0.6 is 0 Å². The summed E-state index contributed by atoms with van der Waals surface area (Å²) < 4.78 is 31.9. The highest BCUT2D eigenvalue weighted by Gasteiger charge is 2.41. The Kier molecular flexibility index (Phi) is 5.35. The summed E-state index contributed by atoms with van der Waals surface area (Å²) in [5, 5.41) is 9.84. The van der Waals surface area contributed by atoms with Crippen molar-refractivity contribution in [2.45, 2.75) is 30.9 Å². The lowest BCUT2D eigenvalue weighted by Gasteiger charge is -2.26. The number of benzene rings is 1. The van der Waals surface area contributed by atoms with E-state index in [1.54, 1.807) is 12.1 Å². The second-order valence-corrected chi connectivity index (χ2v) is 6.58. The van der Waals surface area contributed by atoms with Gasteiger partial charge in [-0.25, -0.2) is 4.79 Å². The Hall–Kier alpha value is -1.68. The van der Waals surface area contributed by atoms with Crippen LogP contribution in [0.2, 0.25) is 0 Å². The number of hydrogen-bond acceptors (Lipinski definition) is 7. The molecule has 1 saturated heterocycles. The van der Waals surface area contributed by atoms with Crippen LogP contribution in [0.25, 0.3) is 0 Å². The molecule has 2 atom stereocenters. The van der Waals surface area contributed by atoms with Gasteiger partial charge in [-0.05, 0) is 18.4 Å². The van der Waals surface area contributed by atoms with Crippen molar-refractivity contribution in [3.05, 3.63) is 35.9 Å². The first-order valence-electron chi connectivity index (χ1n) is 6.73. The van der Waals surface area contributed by atoms with Gasteiger partial charge in [-0.1, -0.05) is 30.3 Å². The van der Waals surface area contributed by atoms with Gasteiger partial charge in [0, 0.05) is 6.54 Å². The number of aliphatic hydroxyl groups is 1. The first-order valence-corrected chi connectivity index (χ1v) is 8.20. The molecule has 122 valence electrons. The molecule has 3 N–H and O–H groups in total. The van der Waals surface area contributed by atoms with Gasteiger partial charge < -0.3 is 14.7 Å². The number of ether oxygens (including phenoxy) is 1. The van der Waals surface area contributed by atoms with Crippen molar-refractivity contribution >= 4 is 16.2 Å². The van der Waals surface area contributed by atoms with Crippen molar-refractivity contribution in [3.63, 3.8) is 0 Å². The highest BCUT2D eigenvalue weighted by Crippen LogP contribution is 2.24. The molecule has 1 aromatic carbocycles. The zero-order valence-electron chi connectivity index (χ0n) is 11.8. The average molecular weight is 330 g/mol. The van der Waals surface area contributed by atoms with Crippen LogP contribution in [-0.4, -0.2) is 42.5 Å². The summed E-state index contributed by atoms with van der Waals surface area (Å²) >= 11 is 0. The summed E-state index contributed by atoms with van der Waals surface area (Å²) in [5.41, 5.74) is -1.09. The highest BCUT2D eigenvalue weighted by molar-refractivity contribution is 7.87. The van der Waals surface area contributed by atoms with Gasteiger partial charge in [0.2, 0.25) is 5.44 Å². The van der Waals surface area contributed by atoms with E-state index in [0.717, 1.165) is 5.56 Å². The third kappa shape index (κ3) is 3.74. The second kappa shape index (κ2) is 7.05. The molecule has 1 unspecified atom stereocenters. The van der Waals surface area contributed by atoms with Crippen molar-refractivity contribution in [3.8, 4) is 0 Å². The van der Waals surface area contributed by atoms with E-state index in [1.165, 1.54) is 4.90 Å². The lowest BCUT2D eigenvalue weighted by molar-refractivity contribution is 0.0680. The van der Waals surface area contributed by atoms with Gasteiger partial charge >= 0.3 is 16.2 Å². The maximum atomic E-state index is 12.1. The minimum Gasteiger partial charge on any atom is -0.445 e. The molecule has 1 aliphatic heterocycles. The molecule has 0 aromatic heterocycles. The minimum atomic E-state index is -4.33. The van der Waals surface area contributed by atoms with Crippen molar-refractivity contribution in [2.24, 2.45) is 5.90 Å². The van der Waals surface area contributed by atoms with E-state index in [9.17, 15) is 18.3 Å². The van der Waals surface area contributed by atoms with Crippen LogP contribution in [0.15, 0.2) is 30.3 Å². The smallest absolute Gasteiger partial charge is 0.410 e. The fourth-order valence-corrected chi connectivity index (χ4v) is 3.15. The maximum Gasteiger partial charge on any atom is 0.410 e. The summed E-state index contributed by atoms with van der Waals surface area (Å²) in [6.07, 6.45) is 0.199. The number of carbonyl (C=O) groups is 1. The van der Waals surface area contributed by atoms with Gasteiger partial charge in [-0.3, -0.25) is 0 Å². The summed E-state index contributed by atoms with van der Waals surface area (Å²) in [6, 6.07) is 8.15. The van der Waals surface area contributed by atoms with Crippen molar-refractivity contribution in [1.82, 2.24) is 4.90 Å². The Morgan fingerprint density at radius 3 is 2.73 bits per heavy atom. The van der Waals surface area contributed by atoms with E-state index in [1.807, 2.05) is 18.2 Å². The Morgan fingerprint density at radius 1 is 1.41 bits per heavy atom. The Morgan fingerprint density at radius 2 is 2.09 bits per heavy atom. The second-order valence-electron chi connectivity index (χ2n) is 4.92. The monoisotopic (exact) mass is 330 g/mol. The first kappa shape index (κ1) is 16.7. The molecule has 0 saturated carbocycles. The number of carbonyl (C=O) groups excluding carboxylic acids is 1. The van der Waals surface area contributed by atoms with Crippen molar-refractivity contribution < 1.29 is 27.3 Å². The lowest BCUT2D eigenvalue weighted by atomic mass is 10.2. The molecule has 9 heteroatoms. The van der Waals surface area contributed by atoms with Crippen molar-refractivity contribution in [1.29, 1.82) is 0 Å². The number of aliphatic hydroxyl groups excluding tert-OH is 1. The summed E-state index contributed by atoms with van der Waals surface area (Å²) in [6.45, 7) is 0.370. The average Bonchev–Trinajstić information content (AvgIpc) is 3.02. The molecule has 1 fully saturated rings. The molecule has 2 rings (SSSR count). The molecule has 0 aliphatic carbocycles. The molecule has 0 spiro atoms. The summed E-state index contributed by atoms with van der Waals surface area (Å²) in [5.74, 6) is 4.65. The number of likely N-dealkylation sites (tertiary alicyclic amines) is 1. The zero-order chi connectivity index (χ0) is 16.2. The molecule has 1 amide bonds. The molecule has 1 heterocycles. The quantitative estimate of drug-likeness (QED) is 0.746. The van der Waals surface area contributed by atoms with Crippen LogP contribution in [0.4, 0.5) is 4.79 Å². The molecule has 22 heavy (non-hydrogen) atoms. The van der Waals surface area contributed by atoms with Gasteiger partial charge in [0.15, 0.2) is 0 Å². The van der Waals surface area contributed by atoms with Crippen LogP contribution < -0.4 is 5.90 Å². The Balaban J connectivity index is 1.99. The Bertz CT molecular complexity index is 606. The van der Waals surface area contributed by atoms with Gasteiger partial charge in [0.25, 0.3) is 0 Å². The van der Waals surface area contributed by atoms with Gasteiger partial charge in [-0.2, -0.15) is 18.6 Å². The van der Waals surface area contributed by atoms with Crippen LogP contribution in [0, 0.1) is 0 Å². The minimum absolute atomic E-state index is 0.0686. The SMILES string of the molecule is NOS(=O)(=O)C(O)[C@@H]1CCCN1C(=O)OCc1ccccc1. The van der Waals surface area contributed by atoms with E-state index >= 15 is 0 Å². The van der Waals surface area contributed by atoms with E-state index < -0.39 is 27.7 Å². The van der Waals surface area contributed by atoms with Crippen LogP contribution in [0.3, 0.4) is 0 Å². The van der Waals surface area contributed by atoms with Crippen LogP contribution in [-0.2, 0) is 25.7 Å². The molecule has 8 nitrogen and oxygen atoms in total. The topological polar surface area (TPSA) is 119 Å². The fraction of sp³-hybridized carbons (Fsp3) is 0.462. The fourth-order valence-electron chi connectivity index (χ4n) is 2.37.